The minimum Gasteiger partial charge on any atom is -0.463 e. The van der Waals surface area contributed by atoms with E-state index in [9.17, 15) is 9.59 Å². The molecule has 0 unspecified atom stereocenters. The number of aliphatic hydroxyl groups is 1. The number of hydrogen-bond donors (Lipinski definition) is 1. The van der Waals surface area contributed by atoms with E-state index in [4.69, 9.17) is 5.11 Å². The van der Waals surface area contributed by atoms with Crippen molar-refractivity contribution in [2.45, 2.75) is 27.2 Å². The molecule has 0 aliphatic heterocycles. The minimum absolute atomic E-state index is 0.0454. The first-order valence-corrected chi connectivity index (χ1v) is 4.17. The van der Waals surface area contributed by atoms with Gasteiger partial charge in [0.1, 0.15) is 18.8 Å². The number of esters is 1. The van der Waals surface area contributed by atoms with E-state index in [1.165, 1.54) is 0 Å². The van der Waals surface area contributed by atoms with Crippen LogP contribution in [0.4, 0.5) is 0 Å². The van der Waals surface area contributed by atoms with Crippen molar-refractivity contribution < 1.29 is 19.4 Å². The van der Waals surface area contributed by atoms with Gasteiger partial charge < -0.3 is 9.84 Å². The summed E-state index contributed by atoms with van der Waals surface area (Å²) < 4.78 is 4.55. The molecule has 0 amide bonds. The van der Waals surface area contributed by atoms with Crippen molar-refractivity contribution >= 4 is 11.8 Å². The third-order valence-electron chi connectivity index (χ3n) is 1.50. The smallest absolute Gasteiger partial charge is 0.313 e. The Morgan fingerprint density at radius 3 is 2.23 bits per heavy atom. The number of aliphatic hydroxyl groups excluding tert-OH is 1. The second kappa shape index (κ2) is 4.97. The van der Waals surface area contributed by atoms with Crippen LogP contribution in [0, 0.1) is 5.41 Å². The lowest BCUT2D eigenvalue weighted by Gasteiger charge is -2.15. The average molecular weight is 188 g/mol. The van der Waals surface area contributed by atoms with E-state index in [0.717, 1.165) is 0 Å². The molecule has 0 atom stereocenters. The first-order valence-electron chi connectivity index (χ1n) is 4.17. The Morgan fingerprint density at radius 1 is 1.31 bits per heavy atom. The van der Waals surface area contributed by atoms with E-state index in [1.54, 1.807) is 20.8 Å². The number of Topliss-reactive ketones (excluding diaryl/α,β-unsaturated/α-hetero) is 1. The molecular formula is C9H16O4. The van der Waals surface area contributed by atoms with Crippen LogP contribution in [0.3, 0.4) is 0 Å². The Labute approximate surface area is 77.9 Å². The summed E-state index contributed by atoms with van der Waals surface area (Å²) in [6, 6.07) is 0. The Morgan fingerprint density at radius 2 is 1.85 bits per heavy atom. The van der Waals surface area contributed by atoms with E-state index < -0.39 is 11.4 Å². The molecule has 0 fully saturated rings. The van der Waals surface area contributed by atoms with E-state index in [0.29, 0.717) is 0 Å². The molecule has 0 saturated carbocycles. The number of ketones is 1. The maximum atomic E-state index is 11.3. The minimum atomic E-state index is -0.575. The lowest BCUT2D eigenvalue weighted by atomic mass is 9.89. The zero-order valence-corrected chi connectivity index (χ0v) is 8.29. The second-order valence-corrected chi connectivity index (χ2v) is 3.79. The number of carbonyl (C=O) groups excluding carboxylic acids is 2. The summed E-state index contributed by atoms with van der Waals surface area (Å²) in [7, 11) is 0. The average Bonchev–Trinajstić information content (AvgIpc) is 1.99. The zero-order chi connectivity index (χ0) is 10.5. The number of carbonyl (C=O) groups is 2. The summed E-state index contributed by atoms with van der Waals surface area (Å²) in [5.41, 5.74) is -0.516. The highest BCUT2D eigenvalue weighted by Crippen LogP contribution is 2.16. The maximum Gasteiger partial charge on any atom is 0.313 e. The van der Waals surface area contributed by atoms with Crippen molar-refractivity contribution in [3.63, 3.8) is 0 Å². The molecule has 0 aromatic carbocycles. The van der Waals surface area contributed by atoms with E-state index in [1.807, 2.05) is 0 Å². The Kier molecular flexibility index (Phi) is 4.62. The Bertz CT molecular complexity index is 190. The quantitative estimate of drug-likeness (QED) is 0.516. The fourth-order valence-corrected chi connectivity index (χ4v) is 0.607. The van der Waals surface area contributed by atoms with Crippen LogP contribution in [0.5, 0.6) is 0 Å². The Balaban J connectivity index is 3.86. The van der Waals surface area contributed by atoms with Gasteiger partial charge in [0.15, 0.2) is 0 Å². The monoisotopic (exact) mass is 188 g/mol. The fraction of sp³-hybridized carbons (Fsp3) is 0.778. The SMILES string of the molecule is CC(C)(C)C(=O)CC(=O)OCCO. The van der Waals surface area contributed by atoms with Gasteiger partial charge in [-0.2, -0.15) is 0 Å². The topological polar surface area (TPSA) is 63.6 Å². The molecule has 13 heavy (non-hydrogen) atoms. The highest BCUT2D eigenvalue weighted by molar-refractivity contribution is 5.98. The molecule has 0 spiro atoms. The molecule has 0 aliphatic rings. The van der Waals surface area contributed by atoms with Gasteiger partial charge in [-0.1, -0.05) is 20.8 Å². The number of ether oxygens (including phenoxy) is 1. The summed E-state index contributed by atoms with van der Waals surface area (Å²) in [6.07, 6.45) is -0.219. The molecule has 4 nitrogen and oxygen atoms in total. The third kappa shape index (κ3) is 5.36. The third-order valence-corrected chi connectivity index (χ3v) is 1.50. The summed E-state index contributed by atoms with van der Waals surface area (Å²) in [5, 5.41) is 8.35. The predicted molar refractivity (Wildman–Crippen MR) is 47.1 cm³/mol. The van der Waals surface area contributed by atoms with Gasteiger partial charge in [0.05, 0.1) is 6.61 Å². The highest BCUT2D eigenvalue weighted by atomic mass is 16.5. The van der Waals surface area contributed by atoms with Crippen molar-refractivity contribution in [2.24, 2.45) is 5.41 Å². The van der Waals surface area contributed by atoms with Gasteiger partial charge in [-0.15, -0.1) is 0 Å². The van der Waals surface area contributed by atoms with Crippen molar-refractivity contribution in [3.05, 3.63) is 0 Å². The van der Waals surface area contributed by atoms with Crippen LogP contribution in [-0.4, -0.2) is 30.1 Å². The first kappa shape index (κ1) is 12.1. The van der Waals surface area contributed by atoms with Crippen LogP contribution >= 0.6 is 0 Å². The predicted octanol–water partition coefficient (Wildman–Crippen LogP) is 0.527. The summed E-state index contributed by atoms with van der Waals surface area (Å²) in [6.45, 7) is 4.98. The lowest BCUT2D eigenvalue weighted by molar-refractivity contribution is -0.148. The van der Waals surface area contributed by atoms with Crippen LogP contribution < -0.4 is 0 Å². The van der Waals surface area contributed by atoms with E-state index >= 15 is 0 Å². The van der Waals surface area contributed by atoms with Crippen molar-refractivity contribution in [1.29, 1.82) is 0 Å². The highest BCUT2D eigenvalue weighted by Gasteiger charge is 2.23. The fourth-order valence-electron chi connectivity index (χ4n) is 0.607. The normalized spacial score (nSPS) is 11.1. The first-order chi connectivity index (χ1) is 5.88. The van der Waals surface area contributed by atoms with Gasteiger partial charge in [-0.3, -0.25) is 9.59 Å². The standard InChI is InChI=1S/C9H16O4/c1-9(2,3)7(11)6-8(12)13-5-4-10/h10H,4-6H2,1-3H3. The maximum absolute atomic E-state index is 11.3. The molecule has 0 aromatic rings. The molecule has 0 heterocycles. The van der Waals surface area contributed by atoms with Gasteiger partial charge in [-0.25, -0.2) is 0 Å². The molecule has 0 aromatic heterocycles. The van der Waals surface area contributed by atoms with Crippen LogP contribution in [-0.2, 0) is 14.3 Å². The molecule has 4 heteroatoms. The van der Waals surface area contributed by atoms with Gasteiger partial charge in [-0.05, 0) is 0 Å². The van der Waals surface area contributed by atoms with Gasteiger partial charge in [0, 0.05) is 5.41 Å². The van der Waals surface area contributed by atoms with Crippen LogP contribution in [0.1, 0.15) is 27.2 Å². The van der Waals surface area contributed by atoms with Gasteiger partial charge in [0.2, 0.25) is 0 Å². The molecular weight excluding hydrogens is 172 g/mol. The largest absolute Gasteiger partial charge is 0.463 e. The van der Waals surface area contributed by atoms with E-state index in [-0.39, 0.29) is 25.4 Å². The van der Waals surface area contributed by atoms with E-state index in [2.05, 4.69) is 4.74 Å². The molecule has 0 bridgehead atoms. The van der Waals surface area contributed by atoms with Gasteiger partial charge in [0.25, 0.3) is 0 Å². The summed E-state index contributed by atoms with van der Waals surface area (Å²) >= 11 is 0. The molecule has 0 aliphatic carbocycles. The number of rotatable bonds is 4. The van der Waals surface area contributed by atoms with Crippen LogP contribution in [0.25, 0.3) is 0 Å². The second-order valence-electron chi connectivity index (χ2n) is 3.79. The molecule has 0 saturated heterocycles. The summed E-state index contributed by atoms with van der Waals surface area (Å²) in [4.78, 5) is 22.2. The van der Waals surface area contributed by atoms with Crippen LogP contribution in [0.15, 0.2) is 0 Å². The van der Waals surface area contributed by atoms with Crippen molar-refractivity contribution in [2.75, 3.05) is 13.2 Å². The van der Waals surface area contributed by atoms with Crippen molar-refractivity contribution in [3.8, 4) is 0 Å². The molecule has 0 rings (SSSR count). The lowest BCUT2D eigenvalue weighted by Crippen LogP contribution is -2.24. The zero-order valence-electron chi connectivity index (χ0n) is 8.29. The van der Waals surface area contributed by atoms with Gasteiger partial charge >= 0.3 is 5.97 Å². The van der Waals surface area contributed by atoms with Crippen molar-refractivity contribution in [1.82, 2.24) is 0 Å². The molecule has 76 valence electrons. The molecule has 1 N–H and O–H groups in total. The summed E-state index contributed by atoms with van der Waals surface area (Å²) in [5.74, 6) is -0.732. The Hall–Kier alpha value is -0.900. The number of hydrogen-bond acceptors (Lipinski definition) is 4. The van der Waals surface area contributed by atoms with Crippen LogP contribution in [0.2, 0.25) is 0 Å². The molecule has 0 radical (unpaired) electrons.